The predicted octanol–water partition coefficient (Wildman–Crippen LogP) is 17.7. The Morgan fingerprint density at radius 3 is 1.44 bits per heavy atom. The van der Waals surface area contributed by atoms with Gasteiger partial charge >= 0.3 is 0 Å². The van der Waals surface area contributed by atoms with E-state index in [1.54, 1.807) is 0 Å². The third kappa shape index (κ3) is 4.79. The van der Waals surface area contributed by atoms with E-state index < -0.39 is 5.41 Å². The zero-order valence-electron chi connectivity index (χ0n) is 38.2. The van der Waals surface area contributed by atoms with Gasteiger partial charge in [-0.15, -0.1) is 0 Å². The molecule has 11 aromatic carbocycles. The second kappa shape index (κ2) is 13.4. The van der Waals surface area contributed by atoms with Gasteiger partial charge in [0.05, 0.1) is 27.5 Å². The molecule has 0 amide bonds. The van der Waals surface area contributed by atoms with Gasteiger partial charge in [-0.3, -0.25) is 0 Å². The summed E-state index contributed by atoms with van der Waals surface area (Å²) >= 11 is 0. The van der Waals surface area contributed by atoms with Crippen molar-refractivity contribution in [2.45, 2.75) is 5.41 Å². The molecule has 4 heterocycles. The Labute approximate surface area is 406 Å². The molecular weight excluding hydrogens is 865 g/mol. The molecule has 71 heavy (non-hydrogen) atoms. The van der Waals surface area contributed by atoms with Crippen molar-refractivity contribution < 1.29 is 8.83 Å². The maximum absolute atomic E-state index is 6.69. The molecule has 17 rings (SSSR count). The normalized spacial score (nSPS) is 13.5. The van der Waals surface area contributed by atoms with Crippen LogP contribution >= 0.6 is 0 Å². The summed E-state index contributed by atoms with van der Waals surface area (Å²) in [6, 6.07) is 84.8. The van der Waals surface area contributed by atoms with Crippen LogP contribution in [0.1, 0.15) is 22.3 Å². The van der Waals surface area contributed by atoms with E-state index in [1.807, 2.05) is 0 Å². The Morgan fingerprint density at radius 2 is 0.732 bits per heavy atom. The Hall–Kier alpha value is -9.38. The maximum Gasteiger partial charge on any atom is 0.137 e. The summed E-state index contributed by atoms with van der Waals surface area (Å²) in [5.74, 6) is 0. The molecule has 0 fully saturated rings. The van der Waals surface area contributed by atoms with Gasteiger partial charge < -0.3 is 18.0 Å². The number of nitrogens with zero attached hydrogens (tertiary/aromatic N) is 2. The molecule has 2 aliphatic carbocycles. The first-order valence-corrected chi connectivity index (χ1v) is 24.5. The fourth-order valence-electron chi connectivity index (χ4n) is 13.2. The molecule has 0 N–H and O–H groups in total. The van der Waals surface area contributed by atoms with E-state index in [0.717, 1.165) is 82.9 Å². The summed E-state index contributed by atoms with van der Waals surface area (Å²) in [6.45, 7) is 0. The van der Waals surface area contributed by atoms with Gasteiger partial charge in [-0.05, 0) is 128 Å². The van der Waals surface area contributed by atoms with Crippen LogP contribution in [0.15, 0.2) is 239 Å². The van der Waals surface area contributed by atoms with Crippen molar-refractivity contribution in [3.63, 3.8) is 0 Å². The summed E-state index contributed by atoms with van der Waals surface area (Å²) in [5.41, 5.74) is 22.7. The van der Waals surface area contributed by atoms with Crippen molar-refractivity contribution in [2.75, 3.05) is 0 Å². The first kappa shape index (κ1) is 37.6. The first-order valence-electron chi connectivity index (χ1n) is 24.5. The molecule has 1 spiro atoms. The quantitative estimate of drug-likeness (QED) is 0.177. The van der Waals surface area contributed by atoms with E-state index in [-0.39, 0.29) is 0 Å². The number of fused-ring (bicyclic) bond motifs is 22. The minimum atomic E-state index is -0.451. The molecule has 0 saturated heterocycles. The number of hydrogen-bond donors (Lipinski definition) is 0. The lowest BCUT2D eigenvalue weighted by atomic mass is 9.70. The highest BCUT2D eigenvalue weighted by atomic mass is 16.3. The monoisotopic (exact) mass is 902 g/mol. The average Bonchev–Trinajstić information content (AvgIpc) is 4.27. The highest BCUT2D eigenvalue weighted by Gasteiger charge is 2.51. The molecule has 0 unspecified atom stereocenters. The summed E-state index contributed by atoms with van der Waals surface area (Å²) in [7, 11) is 0. The van der Waals surface area contributed by atoms with Crippen molar-refractivity contribution in [1.82, 2.24) is 9.13 Å². The molecule has 4 aromatic heterocycles. The van der Waals surface area contributed by atoms with Gasteiger partial charge in [0.25, 0.3) is 0 Å². The topological polar surface area (TPSA) is 36.1 Å². The minimum Gasteiger partial charge on any atom is -0.456 e. The Bertz CT molecular complexity index is 4760. The van der Waals surface area contributed by atoms with Crippen molar-refractivity contribution in [1.29, 1.82) is 0 Å². The van der Waals surface area contributed by atoms with Crippen LogP contribution in [0.2, 0.25) is 0 Å². The summed E-state index contributed by atoms with van der Waals surface area (Å²) in [5, 5.41) is 9.26. The first-order chi connectivity index (χ1) is 35.2. The Morgan fingerprint density at radius 1 is 0.254 bits per heavy atom. The zero-order chi connectivity index (χ0) is 46.1. The van der Waals surface area contributed by atoms with E-state index in [2.05, 4.69) is 240 Å². The number of rotatable bonds is 3. The van der Waals surface area contributed by atoms with E-state index in [1.165, 1.54) is 71.6 Å². The van der Waals surface area contributed by atoms with Gasteiger partial charge in [0.1, 0.15) is 22.3 Å². The molecule has 4 nitrogen and oxygen atoms in total. The molecule has 0 radical (unpaired) electrons. The molecule has 0 aliphatic heterocycles. The molecule has 0 atom stereocenters. The third-order valence-electron chi connectivity index (χ3n) is 16.1. The van der Waals surface area contributed by atoms with Gasteiger partial charge in [-0.25, -0.2) is 0 Å². The molecule has 0 saturated carbocycles. The largest absolute Gasteiger partial charge is 0.456 e. The van der Waals surface area contributed by atoms with Crippen LogP contribution in [-0.4, -0.2) is 9.13 Å². The van der Waals surface area contributed by atoms with Crippen LogP contribution in [-0.2, 0) is 5.41 Å². The fraction of sp³-hybridized carbons (Fsp3) is 0.0149. The zero-order valence-corrected chi connectivity index (χ0v) is 38.2. The number of hydrogen-bond acceptors (Lipinski definition) is 2. The van der Waals surface area contributed by atoms with Crippen molar-refractivity contribution in [2.24, 2.45) is 0 Å². The van der Waals surface area contributed by atoms with E-state index in [0.29, 0.717) is 0 Å². The third-order valence-corrected chi connectivity index (χ3v) is 16.1. The molecular formula is C67H38N2O2. The predicted molar refractivity (Wildman–Crippen MR) is 291 cm³/mol. The van der Waals surface area contributed by atoms with Crippen LogP contribution in [0, 0.1) is 0 Å². The Kier molecular flexibility index (Phi) is 7.11. The van der Waals surface area contributed by atoms with Crippen molar-refractivity contribution in [3.05, 3.63) is 253 Å². The average molecular weight is 903 g/mol. The van der Waals surface area contributed by atoms with E-state index in [9.17, 15) is 0 Å². The van der Waals surface area contributed by atoms with Gasteiger partial charge in [-0.1, -0.05) is 146 Å². The lowest BCUT2D eigenvalue weighted by Gasteiger charge is -2.30. The van der Waals surface area contributed by atoms with Crippen LogP contribution in [0.4, 0.5) is 0 Å². The van der Waals surface area contributed by atoms with Crippen LogP contribution in [0.3, 0.4) is 0 Å². The number of benzene rings is 11. The summed E-state index contributed by atoms with van der Waals surface area (Å²) < 4.78 is 18.1. The minimum absolute atomic E-state index is 0.451. The second-order valence-electron chi connectivity index (χ2n) is 19.5. The van der Waals surface area contributed by atoms with Crippen molar-refractivity contribution in [3.8, 4) is 44.8 Å². The summed E-state index contributed by atoms with van der Waals surface area (Å²) in [6.07, 6.45) is 0. The number of furan rings is 2. The number of aromatic nitrogens is 2. The Balaban J connectivity index is 0.891. The van der Waals surface area contributed by atoms with Gasteiger partial charge in [-0.2, -0.15) is 0 Å². The molecule has 0 bridgehead atoms. The van der Waals surface area contributed by atoms with Gasteiger partial charge in [0.15, 0.2) is 0 Å². The lowest BCUT2D eigenvalue weighted by Crippen LogP contribution is -2.26. The van der Waals surface area contributed by atoms with Crippen LogP contribution < -0.4 is 0 Å². The highest BCUT2D eigenvalue weighted by Crippen LogP contribution is 2.63. The highest BCUT2D eigenvalue weighted by molar-refractivity contribution is 6.20. The fourth-order valence-corrected chi connectivity index (χ4v) is 13.2. The van der Waals surface area contributed by atoms with Crippen molar-refractivity contribution >= 4 is 87.5 Å². The molecule has 4 heteroatoms. The molecule has 328 valence electrons. The summed E-state index contributed by atoms with van der Waals surface area (Å²) in [4.78, 5) is 0. The maximum atomic E-state index is 6.69. The second-order valence-corrected chi connectivity index (χ2v) is 19.5. The number of para-hydroxylation sites is 3. The van der Waals surface area contributed by atoms with E-state index in [4.69, 9.17) is 8.83 Å². The van der Waals surface area contributed by atoms with Crippen LogP contribution in [0.5, 0.6) is 0 Å². The van der Waals surface area contributed by atoms with Crippen LogP contribution in [0.25, 0.3) is 132 Å². The SMILES string of the molecule is c1ccc(-n2c3ccccc3c3cc4c(cc32)oc2ccc(-c3ccc5c(c3)c3cc6c(cc3n5-c3ccc5c(c3)C3(c7ccccc7-c7ccccc73)c3ccccc3-5)oc3ccccc36)cc24)cc1. The van der Waals surface area contributed by atoms with Gasteiger partial charge in [0.2, 0.25) is 0 Å². The smallest absolute Gasteiger partial charge is 0.137 e. The van der Waals surface area contributed by atoms with Gasteiger partial charge in [0, 0.05) is 66.6 Å². The lowest BCUT2D eigenvalue weighted by molar-refractivity contribution is 0.669. The van der Waals surface area contributed by atoms with E-state index >= 15 is 0 Å². The standard InChI is InChI=1S/C67H38N2O2/c1-2-14-41(15-3-1)68-59-24-12-7-19-47(59)50-35-54-52-33-40(27-31-64(52)71-66(54)37-61(50)68)39-26-30-60-49(32-39)51-36-53-48-20-8-13-25-63(48)70-65(53)38-62(51)69(60)42-28-29-46-45-18-6-11-23-57(45)67(58(46)34-42)55-21-9-4-16-43(55)44-17-5-10-22-56(44)67/h1-38H. The molecule has 2 aliphatic rings. The molecule has 15 aromatic rings.